The lowest BCUT2D eigenvalue weighted by Gasteiger charge is -2.01. The number of rotatable bonds is 3. The molecule has 0 bridgehead atoms. The third kappa shape index (κ3) is 4.83. The lowest BCUT2D eigenvalue weighted by atomic mass is 10.2. The summed E-state index contributed by atoms with van der Waals surface area (Å²) in [7, 11) is 0. The maximum absolute atomic E-state index is 5.26. The van der Waals surface area contributed by atoms with Crippen LogP contribution in [0.15, 0.2) is 24.3 Å². The van der Waals surface area contributed by atoms with E-state index in [2.05, 4.69) is 19.1 Å². The number of benzene rings is 1. The topological polar surface area (TPSA) is 9.23 Å². The standard InChI is InChI=1S/C9H12OS.C2H6/c1-3-8-5-4-6-9(7-8)10-11-2;1-2/h4-7H,3H2,1-2H3;1-2H3. The Balaban J connectivity index is 0.000000671. The van der Waals surface area contributed by atoms with Gasteiger partial charge in [-0.2, -0.15) is 0 Å². The monoisotopic (exact) mass is 198 g/mol. The van der Waals surface area contributed by atoms with Crippen LogP contribution in [0, 0.1) is 0 Å². The van der Waals surface area contributed by atoms with Gasteiger partial charge in [0.2, 0.25) is 0 Å². The van der Waals surface area contributed by atoms with Crippen LogP contribution >= 0.6 is 12.0 Å². The molecule has 0 saturated heterocycles. The molecule has 0 amide bonds. The van der Waals surface area contributed by atoms with E-state index in [1.165, 1.54) is 17.6 Å². The second-order valence-electron chi connectivity index (χ2n) is 2.25. The van der Waals surface area contributed by atoms with Gasteiger partial charge in [0.1, 0.15) is 5.75 Å². The smallest absolute Gasteiger partial charge is 0.137 e. The molecule has 13 heavy (non-hydrogen) atoms. The largest absolute Gasteiger partial charge is 0.426 e. The summed E-state index contributed by atoms with van der Waals surface area (Å²) in [4.78, 5) is 0. The molecule has 0 fully saturated rings. The summed E-state index contributed by atoms with van der Waals surface area (Å²) in [5.41, 5.74) is 1.32. The van der Waals surface area contributed by atoms with E-state index in [9.17, 15) is 0 Å². The van der Waals surface area contributed by atoms with Gasteiger partial charge in [-0.3, -0.25) is 0 Å². The van der Waals surface area contributed by atoms with Gasteiger partial charge in [0.15, 0.2) is 0 Å². The molecule has 0 aromatic heterocycles. The minimum absolute atomic E-state index is 0.942. The molecule has 0 aliphatic heterocycles. The molecule has 74 valence electrons. The van der Waals surface area contributed by atoms with Gasteiger partial charge >= 0.3 is 0 Å². The van der Waals surface area contributed by atoms with Gasteiger partial charge in [-0.25, -0.2) is 0 Å². The van der Waals surface area contributed by atoms with Crippen LogP contribution in [0.3, 0.4) is 0 Å². The normalized spacial score (nSPS) is 8.62. The zero-order chi connectivity index (χ0) is 10.1. The van der Waals surface area contributed by atoms with E-state index in [1.807, 2.05) is 32.2 Å². The average Bonchev–Trinajstić information content (AvgIpc) is 2.22. The van der Waals surface area contributed by atoms with Crippen LogP contribution < -0.4 is 4.18 Å². The van der Waals surface area contributed by atoms with E-state index in [0.29, 0.717) is 0 Å². The third-order valence-electron chi connectivity index (χ3n) is 1.49. The fraction of sp³-hybridized carbons (Fsp3) is 0.455. The van der Waals surface area contributed by atoms with Crippen LogP contribution in [0.1, 0.15) is 26.3 Å². The van der Waals surface area contributed by atoms with Crippen molar-refractivity contribution in [1.29, 1.82) is 0 Å². The van der Waals surface area contributed by atoms with Gasteiger partial charge in [0.05, 0.1) is 12.0 Å². The van der Waals surface area contributed by atoms with Crippen molar-refractivity contribution in [2.45, 2.75) is 27.2 Å². The molecule has 1 aromatic carbocycles. The molecule has 0 saturated carbocycles. The van der Waals surface area contributed by atoms with E-state index in [4.69, 9.17) is 4.18 Å². The number of hydrogen-bond acceptors (Lipinski definition) is 2. The van der Waals surface area contributed by atoms with Crippen LogP contribution in [0.2, 0.25) is 0 Å². The Morgan fingerprint density at radius 2 is 2.00 bits per heavy atom. The SMILES string of the molecule is CC.CCc1cccc(OSC)c1. The van der Waals surface area contributed by atoms with Crippen LogP contribution in [0.25, 0.3) is 0 Å². The number of hydrogen-bond donors (Lipinski definition) is 0. The third-order valence-corrected chi connectivity index (χ3v) is 1.85. The summed E-state index contributed by atoms with van der Waals surface area (Å²) in [6.45, 7) is 6.14. The molecule has 0 unspecified atom stereocenters. The molecule has 1 aromatic rings. The van der Waals surface area contributed by atoms with Crippen molar-refractivity contribution in [1.82, 2.24) is 0 Å². The highest BCUT2D eigenvalue weighted by Gasteiger charge is 1.93. The fourth-order valence-electron chi connectivity index (χ4n) is 0.913. The maximum atomic E-state index is 5.26. The molecule has 0 spiro atoms. The molecular weight excluding hydrogens is 180 g/mol. The first kappa shape index (κ1) is 12.4. The number of aryl methyl sites for hydroxylation is 1. The average molecular weight is 198 g/mol. The van der Waals surface area contributed by atoms with Crippen molar-refractivity contribution in [3.8, 4) is 5.75 Å². The van der Waals surface area contributed by atoms with Crippen molar-refractivity contribution in [3.05, 3.63) is 29.8 Å². The van der Waals surface area contributed by atoms with Crippen molar-refractivity contribution in [2.75, 3.05) is 6.26 Å². The van der Waals surface area contributed by atoms with Crippen molar-refractivity contribution in [3.63, 3.8) is 0 Å². The summed E-state index contributed by atoms with van der Waals surface area (Å²) in [5, 5.41) is 0. The van der Waals surface area contributed by atoms with Gasteiger partial charge in [0, 0.05) is 6.26 Å². The summed E-state index contributed by atoms with van der Waals surface area (Å²) in [5.74, 6) is 0.942. The molecule has 0 radical (unpaired) electrons. The summed E-state index contributed by atoms with van der Waals surface area (Å²) >= 11 is 1.37. The molecule has 0 N–H and O–H groups in total. The lowest BCUT2D eigenvalue weighted by molar-refractivity contribution is 0.649. The predicted molar refractivity (Wildman–Crippen MR) is 61.3 cm³/mol. The highest BCUT2D eigenvalue weighted by Crippen LogP contribution is 2.16. The quantitative estimate of drug-likeness (QED) is 0.680. The molecule has 0 aliphatic carbocycles. The second kappa shape index (κ2) is 7.99. The summed E-state index contributed by atoms with van der Waals surface area (Å²) < 4.78 is 5.26. The Bertz CT molecular complexity index is 223. The first-order chi connectivity index (χ1) is 6.36. The summed E-state index contributed by atoms with van der Waals surface area (Å²) in [6.07, 6.45) is 2.98. The molecule has 1 rings (SSSR count). The van der Waals surface area contributed by atoms with E-state index in [-0.39, 0.29) is 0 Å². The van der Waals surface area contributed by atoms with Gasteiger partial charge in [-0.1, -0.05) is 32.9 Å². The van der Waals surface area contributed by atoms with Crippen LogP contribution in [0.5, 0.6) is 5.75 Å². The van der Waals surface area contributed by atoms with Gasteiger partial charge in [-0.05, 0) is 24.1 Å². The van der Waals surface area contributed by atoms with Crippen molar-refractivity contribution in [2.24, 2.45) is 0 Å². The lowest BCUT2D eigenvalue weighted by Crippen LogP contribution is -1.82. The second-order valence-corrected chi connectivity index (χ2v) is 2.75. The Labute approximate surface area is 85.7 Å². The fourth-order valence-corrected chi connectivity index (χ4v) is 1.21. The molecule has 0 aliphatic rings. The van der Waals surface area contributed by atoms with Gasteiger partial charge < -0.3 is 4.18 Å². The minimum atomic E-state index is 0.942. The summed E-state index contributed by atoms with van der Waals surface area (Å²) in [6, 6.07) is 8.16. The maximum Gasteiger partial charge on any atom is 0.137 e. The molecular formula is C11H18OS. The Morgan fingerprint density at radius 3 is 2.54 bits per heavy atom. The molecule has 0 atom stereocenters. The Hall–Kier alpha value is -0.630. The van der Waals surface area contributed by atoms with Gasteiger partial charge in [-0.15, -0.1) is 0 Å². The predicted octanol–water partition coefficient (Wildman–Crippen LogP) is 3.93. The van der Waals surface area contributed by atoms with Gasteiger partial charge in [0.25, 0.3) is 0 Å². The zero-order valence-corrected chi connectivity index (χ0v) is 9.65. The highest BCUT2D eigenvalue weighted by molar-refractivity contribution is 7.94. The molecule has 2 heteroatoms. The zero-order valence-electron chi connectivity index (χ0n) is 8.83. The van der Waals surface area contributed by atoms with E-state index in [0.717, 1.165) is 12.2 Å². The molecule has 1 nitrogen and oxygen atoms in total. The van der Waals surface area contributed by atoms with E-state index >= 15 is 0 Å². The first-order valence-corrected chi connectivity index (χ1v) is 5.81. The van der Waals surface area contributed by atoms with Crippen LogP contribution in [-0.4, -0.2) is 6.26 Å². The first-order valence-electron chi connectivity index (χ1n) is 4.66. The van der Waals surface area contributed by atoms with Crippen LogP contribution in [-0.2, 0) is 6.42 Å². The highest BCUT2D eigenvalue weighted by atomic mass is 32.2. The van der Waals surface area contributed by atoms with Crippen molar-refractivity contribution < 1.29 is 4.18 Å². The van der Waals surface area contributed by atoms with Crippen molar-refractivity contribution >= 4 is 12.0 Å². The van der Waals surface area contributed by atoms with E-state index in [1.54, 1.807) is 0 Å². The van der Waals surface area contributed by atoms with Crippen LogP contribution in [0.4, 0.5) is 0 Å². The molecule has 0 heterocycles. The van der Waals surface area contributed by atoms with E-state index < -0.39 is 0 Å². The minimum Gasteiger partial charge on any atom is -0.426 e. The Kier molecular flexibility index (Phi) is 7.60. The Morgan fingerprint density at radius 1 is 1.31 bits per heavy atom.